The van der Waals surface area contributed by atoms with E-state index in [9.17, 15) is 9.59 Å². The average Bonchev–Trinajstić information content (AvgIpc) is 2.60. The predicted octanol–water partition coefficient (Wildman–Crippen LogP) is 3.21. The molecule has 24 heavy (non-hydrogen) atoms. The molecule has 0 saturated carbocycles. The lowest BCUT2D eigenvalue weighted by molar-refractivity contribution is 0.0828. The van der Waals surface area contributed by atoms with Crippen LogP contribution >= 0.6 is 0 Å². The summed E-state index contributed by atoms with van der Waals surface area (Å²) in [4.78, 5) is 26.0. The number of nitrogens with zero attached hydrogens (tertiary/aromatic N) is 1. The summed E-state index contributed by atoms with van der Waals surface area (Å²) >= 11 is 0. The highest BCUT2D eigenvalue weighted by Crippen LogP contribution is 2.19. The minimum atomic E-state index is -0.288. The summed E-state index contributed by atoms with van der Waals surface area (Å²) in [6, 6.07) is 13.7. The second-order valence-corrected chi connectivity index (χ2v) is 5.32. The minimum absolute atomic E-state index is 0.168. The number of nitrogens with one attached hydrogen (secondary N) is 1. The number of para-hydroxylation sites is 1. The Bertz CT molecular complexity index is 737. The summed E-state index contributed by atoms with van der Waals surface area (Å²) in [5, 5.41) is 2.78. The first-order valence-corrected chi connectivity index (χ1v) is 7.48. The monoisotopic (exact) mass is 324 g/mol. The van der Waals surface area contributed by atoms with Crippen molar-refractivity contribution in [1.82, 2.24) is 4.90 Å². The van der Waals surface area contributed by atoms with Crippen LogP contribution in [0, 0.1) is 0 Å². The van der Waals surface area contributed by atoms with Gasteiger partial charge in [0.25, 0.3) is 11.8 Å². The van der Waals surface area contributed by atoms with E-state index >= 15 is 0 Å². The molecule has 0 aliphatic carbocycles. The summed E-state index contributed by atoms with van der Waals surface area (Å²) in [7, 11) is 3.34. The van der Waals surface area contributed by atoms with Gasteiger partial charge in [-0.2, -0.15) is 0 Å². The molecule has 0 radical (unpaired) electrons. The highest BCUT2D eigenvalue weighted by Gasteiger charge is 2.15. The van der Waals surface area contributed by atoms with Crippen LogP contribution in [0.1, 0.15) is 20.7 Å². The van der Waals surface area contributed by atoms with E-state index in [4.69, 9.17) is 4.74 Å². The molecular formula is C19H20N2O3. The van der Waals surface area contributed by atoms with Gasteiger partial charge in [-0.1, -0.05) is 24.8 Å². The summed E-state index contributed by atoms with van der Waals surface area (Å²) in [6.07, 6.45) is 1.65. The first-order chi connectivity index (χ1) is 11.5. The molecule has 2 aromatic carbocycles. The van der Waals surface area contributed by atoms with Crippen molar-refractivity contribution in [2.45, 2.75) is 0 Å². The van der Waals surface area contributed by atoms with Gasteiger partial charge in [-0.3, -0.25) is 9.59 Å². The fraction of sp³-hybridized carbons (Fsp3) is 0.158. The Morgan fingerprint density at radius 3 is 2.42 bits per heavy atom. The molecule has 0 bridgehead atoms. The summed E-state index contributed by atoms with van der Waals surface area (Å²) < 4.78 is 5.39. The molecule has 1 N–H and O–H groups in total. The largest absolute Gasteiger partial charge is 0.490 e. The molecule has 2 aromatic rings. The van der Waals surface area contributed by atoms with Gasteiger partial charge in [0.1, 0.15) is 12.4 Å². The number of hydrogen-bond acceptors (Lipinski definition) is 3. The highest BCUT2D eigenvalue weighted by atomic mass is 16.5. The molecule has 0 heterocycles. The molecule has 0 saturated heterocycles. The van der Waals surface area contributed by atoms with Crippen molar-refractivity contribution in [2.24, 2.45) is 0 Å². The van der Waals surface area contributed by atoms with Crippen LogP contribution in [0.25, 0.3) is 0 Å². The molecule has 0 aliphatic heterocycles. The van der Waals surface area contributed by atoms with Gasteiger partial charge < -0.3 is 15.0 Å². The van der Waals surface area contributed by atoms with Crippen molar-refractivity contribution >= 4 is 17.5 Å². The zero-order valence-electron chi connectivity index (χ0n) is 13.8. The first kappa shape index (κ1) is 17.3. The molecular weight excluding hydrogens is 304 g/mol. The molecule has 5 nitrogen and oxygen atoms in total. The van der Waals surface area contributed by atoms with E-state index in [1.807, 2.05) is 0 Å². The van der Waals surface area contributed by atoms with Gasteiger partial charge in [-0.05, 0) is 36.4 Å². The number of carbonyl (C=O) groups is 2. The second kappa shape index (κ2) is 7.97. The van der Waals surface area contributed by atoms with Gasteiger partial charge in [0.2, 0.25) is 0 Å². The van der Waals surface area contributed by atoms with Gasteiger partial charge in [0.05, 0.1) is 11.3 Å². The molecule has 2 rings (SSSR count). The Morgan fingerprint density at radius 1 is 1.12 bits per heavy atom. The SMILES string of the molecule is C=CCOc1ccc(C(=O)Nc2ccccc2C(=O)N(C)C)cc1. The number of rotatable bonds is 6. The fourth-order valence-electron chi connectivity index (χ4n) is 2.07. The van der Waals surface area contributed by atoms with Crippen molar-refractivity contribution in [3.63, 3.8) is 0 Å². The van der Waals surface area contributed by atoms with Gasteiger partial charge in [-0.25, -0.2) is 0 Å². The van der Waals surface area contributed by atoms with Crippen molar-refractivity contribution in [3.05, 3.63) is 72.3 Å². The molecule has 5 heteroatoms. The Balaban J connectivity index is 2.15. The number of ether oxygens (including phenoxy) is 1. The lowest BCUT2D eigenvalue weighted by atomic mass is 10.1. The van der Waals surface area contributed by atoms with E-state index in [1.165, 1.54) is 4.90 Å². The van der Waals surface area contributed by atoms with Crippen molar-refractivity contribution in [1.29, 1.82) is 0 Å². The lowest BCUT2D eigenvalue weighted by Crippen LogP contribution is -2.24. The number of benzene rings is 2. The summed E-state index contributed by atoms with van der Waals surface area (Å²) in [6.45, 7) is 3.99. The van der Waals surface area contributed by atoms with Crippen LogP contribution < -0.4 is 10.1 Å². The topological polar surface area (TPSA) is 58.6 Å². The van der Waals surface area contributed by atoms with Gasteiger partial charge in [-0.15, -0.1) is 0 Å². The quantitative estimate of drug-likeness (QED) is 0.830. The second-order valence-electron chi connectivity index (χ2n) is 5.32. The van der Waals surface area contributed by atoms with Crippen LogP contribution in [0.4, 0.5) is 5.69 Å². The third-order valence-electron chi connectivity index (χ3n) is 3.30. The Hall–Kier alpha value is -3.08. The number of carbonyl (C=O) groups excluding carboxylic acids is 2. The maximum absolute atomic E-state index is 12.4. The van der Waals surface area contributed by atoms with Gasteiger partial charge in [0.15, 0.2) is 0 Å². The molecule has 0 atom stereocenters. The highest BCUT2D eigenvalue weighted by molar-refractivity contribution is 6.08. The standard InChI is InChI=1S/C19H20N2O3/c1-4-13-24-15-11-9-14(10-12-15)18(22)20-17-8-6-5-7-16(17)19(23)21(2)3/h4-12H,1,13H2,2-3H3,(H,20,22). The van der Waals surface area contributed by atoms with Crippen LogP contribution in [0.15, 0.2) is 61.2 Å². The van der Waals surface area contributed by atoms with E-state index in [0.717, 1.165) is 0 Å². The molecule has 0 unspecified atom stereocenters. The minimum Gasteiger partial charge on any atom is -0.490 e. The number of anilines is 1. The zero-order valence-corrected chi connectivity index (χ0v) is 13.8. The predicted molar refractivity (Wildman–Crippen MR) is 94.5 cm³/mol. The van der Waals surface area contributed by atoms with Crippen LogP contribution in [0.3, 0.4) is 0 Å². The smallest absolute Gasteiger partial charge is 0.255 e. The molecule has 2 amide bonds. The van der Waals surface area contributed by atoms with Crippen molar-refractivity contribution in [2.75, 3.05) is 26.0 Å². The molecule has 124 valence electrons. The average molecular weight is 324 g/mol. The van der Waals surface area contributed by atoms with E-state index in [2.05, 4.69) is 11.9 Å². The fourth-order valence-corrected chi connectivity index (χ4v) is 2.07. The number of amides is 2. The Kier molecular flexibility index (Phi) is 5.73. The maximum Gasteiger partial charge on any atom is 0.255 e. The van der Waals surface area contributed by atoms with Crippen LogP contribution in [-0.2, 0) is 0 Å². The maximum atomic E-state index is 12.4. The third kappa shape index (κ3) is 4.23. The van der Waals surface area contributed by atoms with E-state index in [1.54, 1.807) is 68.7 Å². The van der Waals surface area contributed by atoms with Crippen LogP contribution in [-0.4, -0.2) is 37.4 Å². The summed E-state index contributed by atoms with van der Waals surface area (Å²) in [5.74, 6) is 0.206. The normalized spacial score (nSPS) is 9.92. The lowest BCUT2D eigenvalue weighted by Gasteiger charge is -2.14. The molecule has 0 fully saturated rings. The van der Waals surface area contributed by atoms with Crippen LogP contribution in [0.2, 0.25) is 0 Å². The van der Waals surface area contributed by atoms with Gasteiger partial charge >= 0.3 is 0 Å². The Labute approximate surface area is 141 Å². The van der Waals surface area contributed by atoms with Crippen molar-refractivity contribution in [3.8, 4) is 5.75 Å². The van der Waals surface area contributed by atoms with E-state index in [-0.39, 0.29) is 11.8 Å². The Morgan fingerprint density at radius 2 is 1.79 bits per heavy atom. The molecule has 0 aromatic heterocycles. The number of hydrogen-bond donors (Lipinski definition) is 1. The van der Waals surface area contributed by atoms with Crippen LogP contribution in [0.5, 0.6) is 5.75 Å². The summed E-state index contributed by atoms with van der Waals surface area (Å²) in [5.41, 5.74) is 1.41. The molecule has 0 spiro atoms. The molecule has 0 aliphatic rings. The van der Waals surface area contributed by atoms with Crippen molar-refractivity contribution < 1.29 is 14.3 Å². The van der Waals surface area contributed by atoms with Gasteiger partial charge in [0, 0.05) is 19.7 Å². The van der Waals surface area contributed by atoms with E-state index < -0.39 is 0 Å². The third-order valence-corrected chi connectivity index (χ3v) is 3.30. The van der Waals surface area contributed by atoms with E-state index in [0.29, 0.717) is 29.2 Å². The zero-order chi connectivity index (χ0) is 17.5. The first-order valence-electron chi connectivity index (χ1n) is 7.48.